The Morgan fingerprint density at radius 2 is 1.72 bits per heavy atom. The number of ether oxygens (including phenoxy) is 1. The number of anilines is 1. The molecule has 2 aromatic carbocycles. The van der Waals surface area contributed by atoms with Gasteiger partial charge in [0, 0.05) is 24.8 Å². The van der Waals surface area contributed by atoms with E-state index in [1.54, 1.807) is 36.3 Å². The monoisotopic (exact) mass is 425 g/mol. The van der Waals surface area contributed by atoms with E-state index in [9.17, 15) is 22.0 Å². The maximum atomic E-state index is 13.3. The van der Waals surface area contributed by atoms with Crippen LogP contribution in [0.4, 0.5) is 19.3 Å². The molecule has 1 fully saturated rings. The number of carbonyl (C=O) groups is 1. The topological polar surface area (TPSA) is 87.7 Å². The van der Waals surface area contributed by atoms with Crippen LogP contribution in [0.3, 0.4) is 0 Å². The maximum absolute atomic E-state index is 13.3. The minimum atomic E-state index is -3.98. The van der Waals surface area contributed by atoms with Gasteiger partial charge in [-0.2, -0.15) is 0 Å². The molecule has 1 aliphatic rings. The van der Waals surface area contributed by atoms with Crippen molar-refractivity contribution in [2.24, 2.45) is 0 Å². The molecule has 3 rings (SSSR count). The lowest BCUT2D eigenvalue weighted by atomic mass is 10.1. The Kier molecular flexibility index (Phi) is 6.33. The molecule has 1 aliphatic heterocycles. The predicted molar refractivity (Wildman–Crippen MR) is 103 cm³/mol. The van der Waals surface area contributed by atoms with Crippen molar-refractivity contribution >= 4 is 21.7 Å². The fourth-order valence-corrected chi connectivity index (χ4v) is 4.33. The molecule has 0 bridgehead atoms. The number of amides is 2. The number of hydrogen-bond acceptors (Lipinski definition) is 4. The van der Waals surface area contributed by atoms with Gasteiger partial charge in [0.15, 0.2) is 11.6 Å². The molecule has 0 aliphatic carbocycles. The Hall–Kier alpha value is -2.72. The number of likely N-dealkylation sites (tertiary alicyclic amines) is 1. The summed E-state index contributed by atoms with van der Waals surface area (Å²) >= 11 is 0. The fraction of sp³-hybridized carbons (Fsp3) is 0.316. The van der Waals surface area contributed by atoms with Crippen LogP contribution in [0, 0.1) is 11.6 Å². The first-order chi connectivity index (χ1) is 13.8. The van der Waals surface area contributed by atoms with Crippen LogP contribution in [0.15, 0.2) is 47.4 Å². The molecule has 156 valence electrons. The second-order valence-electron chi connectivity index (χ2n) is 6.62. The van der Waals surface area contributed by atoms with Gasteiger partial charge in [-0.15, -0.1) is 0 Å². The van der Waals surface area contributed by atoms with Gasteiger partial charge in [-0.25, -0.2) is 26.7 Å². The summed E-state index contributed by atoms with van der Waals surface area (Å²) in [5, 5.41) is 2.78. The number of rotatable bonds is 5. The summed E-state index contributed by atoms with van der Waals surface area (Å²) in [6.45, 7) is 0.708. The van der Waals surface area contributed by atoms with E-state index in [1.807, 2.05) is 0 Å². The van der Waals surface area contributed by atoms with Gasteiger partial charge in [0.2, 0.25) is 10.0 Å². The van der Waals surface area contributed by atoms with E-state index in [1.165, 1.54) is 0 Å². The van der Waals surface area contributed by atoms with Gasteiger partial charge in [-0.3, -0.25) is 0 Å². The Morgan fingerprint density at radius 1 is 1.07 bits per heavy atom. The first kappa shape index (κ1) is 21.0. The number of benzene rings is 2. The third kappa shape index (κ3) is 5.21. The maximum Gasteiger partial charge on any atom is 0.321 e. The van der Waals surface area contributed by atoms with Crippen LogP contribution >= 0.6 is 0 Å². The molecule has 29 heavy (non-hydrogen) atoms. The van der Waals surface area contributed by atoms with E-state index in [0.717, 1.165) is 12.1 Å². The van der Waals surface area contributed by atoms with Gasteiger partial charge in [0.25, 0.3) is 0 Å². The summed E-state index contributed by atoms with van der Waals surface area (Å²) in [6, 6.07) is 8.65. The number of urea groups is 1. The minimum absolute atomic E-state index is 0.280. The SMILES string of the molecule is COc1ccc(NC(=O)N2CCC(NS(=O)(=O)c3ccc(F)c(F)c3)CC2)cc1. The average Bonchev–Trinajstić information content (AvgIpc) is 2.70. The molecular weight excluding hydrogens is 404 g/mol. The lowest BCUT2D eigenvalue weighted by Gasteiger charge is -2.32. The molecule has 2 N–H and O–H groups in total. The Bertz CT molecular complexity index is 975. The summed E-state index contributed by atoms with van der Waals surface area (Å²) in [7, 11) is -2.43. The first-order valence-electron chi connectivity index (χ1n) is 8.96. The quantitative estimate of drug-likeness (QED) is 0.771. The molecule has 0 atom stereocenters. The largest absolute Gasteiger partial charge is 0.497 e. The third-order valence-corrected chi connectivity index (χ3v) is 6.16. The smallest absolute Gasteiger partial charge is 0.321 e. The van der Waals surface area contributed by atoms with Crippen LogP contribution in [-0.4, -0.2) is 45.6 Å². The minimum Gasteiger partial charge on any atom is -0.497 e. The van der Waals surface area contributed by atoms with E-state index in [-0.39, 0.29) is 10.9 Å². The zero-order valence-electron chi connectivity index (χ0n) is 15.7. The Morgan fingerprint density at radius 3 is 2.31 bits per heavy atom. The molecule has 0 spiro atoms. The van der Waals surface area contributed by atoms with Gasteiger partial charge in [0.05, 0.1) is 12.0 Å². The Balaban J connectivity index is 1.54. The molecule has 1 heterocycles. The second-order valence-corrected chi connectivity index (χ2v) is 8.33. The molecule has 2 amide bonds. The van der Waals surface area contributed by atoms with Gasteiger partial charge in [0.1, 0.15) is 5.75 Å². The predicted octanol–water partition coefficient (Wildman–Crippen LogP) is 2.95. The highest BCUT2D eigenvalue weighted by Crippen LogP contribution is 2.19. The van der Waals surface area contributed by atoms with Crippen molar-refractivity contribution in [3.05, 3.63) is 54.1 Å². The van der Waals surface area contributed by atoms with Gasteiger partial charge >= 0.3 is 6.03 Å². The summed E-state index contributed by atoms with van der Waals surface area (Å²) in [5.74, 6) is -1.66. The molecule has 7 nitrogen and oxygen atoms in total. The molecule has 2 aromatic rings. The van der Waals surface area contributed by atoms with E-state index in [4.69, 9.17) is 4.74 Å². The van der Waals surface area contributed by atoms with E-state index >= 15 is 0 Å². The highest BCUT2D eigenvalue weighted by atomic mass is 32.2. The molecule has 0 unspecified atom stereocenters. The summed E-state index contributed by atoms with van der Waals surface area (Å²) in [6.07, 6.45) is 0.803. The van der Waals surface area contributed by atoms with Crippen molar-refractivity contribution in [1.29, 1.82) is 0 Å². The number of hydrogen-bond donors (Lipinski definition) is 2. The van der Waals surface area contributed by atoms with E-state index in [2.05, 4.69) is 10.0 Å². The number of nitrogens with one attached hydrogen (secondary N) is 2. The number of methoxy groups -OCH3 is 1. The van der Waals surface area contributed by atoms with Crippen molar-refractivity contribution in [1.82, 2.24) is 9.62 Å². The van der Waals surface area contributed by atoms with Crippen LogP contribution in [0.25, 0.3) is 0 Å². The van der Waals surface area contributed by atoms with Crippen LogP contribution < -0.4 is 14.8 Å². The molecule has 0 saturated carbocycles. The number of nitrogens with zero attached hydrogens (tertiary/aromatic N) is 1. The molecular formula is C19H21F2N3O4S. The lowest BCUT2D eigenvalue weighted by Crippen LogP contribution is -2.47. The van der Waals surface area contributed by atoms with Gasteiger partial charge < -0.3 is 15.0 Å². The first-order valence-corrected chi connectivity index (χ1v) is 10.4. The van der Waals surface area contributed by atoms with Crippen LogP contribution in [0.1, 0.15) is 12.8 Å². The number of piperidine rings is 1. The second kappa shape index (κ2) is 8.75. The van der Waals surface area contributed by atoms with Crippen molar-refractivity contribution in [2.75, 3.05) is 25.5 Å². The van der Waals surface area contributed by atoms with E-state index < -0.39 is 27.7 Å². The molecule has 0 aromatic heterocycles. The zero-order valence-corrected chi connectivity index (χ0v) is 16.5. The molecule has 1 saturated heterocycles. The normalized spacial score (nSPS) is 15.2. The zero-order chi connectivity index (χ0) is 21.0. The lowest BCUT2D eigenvalue weighted by molar-refractivity contribution is 0.193. The standard InChI is InChI=1S/C19H21F2N3O4S/c1-28-15-4-2-13(3-5-15)22-19(25)24-10-8-14(9-11-24)23-29(26,27)16-6-7-17(20)18(21)12-16/h2-7,12,14,23H,8-11H2,1H3,(H,22,25). The van der Waals surface area contributed by atoms with Crippen molar-refractivity contribution in [2.45, 2.75) is 23.8 Å². The Labute approximate surface area is 167 Å². The van der Waals surface area contributed by atoms with Crippen LogP contribution in [0.5, 0.6) is 5.75 Å². The number of carbonyl (C=O) groups excluding carboxylic acids is 1. The summed E-state index contributed by atoms with van der Waals surface area (Å²) in [5.41, 5.74) is 0.622. The van der Waals surface area contributed by atoms with Gasteiger partial charge in [-0.05, 0) is 55.3 Å². The van der Waals surface area contributed by atoms with Crippen LogP contribution in [0.2, 0.25) is 0 Å². The van der Waals surface area contributed by atoms with Crippen molar-refractivity contribution in [3.63, 3.8) is 0 Å². The van der Waals surface area contributed by atoms with Crippen molar-refractivity contribution < 1.29 is 26.7 Å². The third-order valence-electron chi connectivity index (χ3n) is 4.65. The van der Waals surface area contributed by atoms with Gasteiger partial charge in [-0.1, -0.05) is 0 Å². The molecule has 10 heteroatoms. The fourth-order valence-electron chi connectivity index (χ4n) is 3.01. The molecule has 0 radical (unpaired) electrons. The number of halogens is 2. The summed E-state index contributed by atoms with van der Waals surface area (Å²) in [4.78, 5) is 13.6. The highest BCUT2D eigenvalue weighted by molar-refractivity contribution is 7.89. The van der Waals surface area contributed by atoms with E-state index in [0.29, 0.717) is 43.4 Å². The average molecular weight is 425 g/mol. The summed E-state index contributed by atoms with van der Waals surface area (Å²) < 4.78 is 58.6. The van der Waals surface area contributed by atoms with Crippen molar-refractivity contribution in [3.8, 4) is 5.75 Å². The highest BCUT2D eigenvalue weighted by Gasteiger charge is 2.27. The van der Waals surface area contributed by atoms with Crippen LogP contribution in [-0.2, 0) is 10.0 Å². The number of sulfonamides is 1.